The summed E-state index contributed by atoms with van der Waals surface area (Å²) in [5.74, 6) is 0.850. The number of nitrogens with zero attached hydrogens (tertiary/aromatic N) is 1. The molecule has 0 fully saturated rings. The Hall–Kier alpha value is -2.11. The smallest absolute Gasteiger partial charge is 0.288 e. The molecule has 25 heavy (non-hydrogen) atoms. The Morgan fingerprint density at radius 3 is 2.48 bits per heavy atom. The zero-order valence-corrected chi connectivity index (χ0v) is 16.2. The van der Waals surface area contributed by atoms with E-state index in [0.717, 1.165) is 33.9 Å². The first-order valence-electron chi connectivity index (χ1n) is 8.27. The molecule has 5 heteroatoms. The molecule has 134 valence electrons. The number of benzene rings is 2. The maximum Gasteiger partial charge on any atom is 0.288 e. The molecule has 2 rings (SSSR count). The number of aryl methyl sites for hydroxylation is 4. The maximum absolute atomic E-state index is 10.3. The van der Waals surface area contributed by atoms with E-state index in [2.05, 4.69) is 26.0 Å². The van der Waals surface area contributed by atoms with E-state index in [0.29, 0.717) is 12.3 Å². The Kier molecular flexibility index (Phi) is 6.39. The van der Waals surface area contributed by atoms with E-state index in [1.54, 1.807) is 6.07 Å². The van der Waals surface area contributed by atoms with Gasteiger partial charge in [-0.1, -0.05) is 25.1 Å². The van der Waals surface area contributed by atoms with Crippen molar-refractivity contribution in [3.8, 4) is 5.75 Å². The minimum Gasteiger partial charge on any atom is -0.489 e. The lowest BCUT2D eigenvalue weighted by atomic mass is 10.0. The second-order valence-corrected chi connectivity index (χ2v) is 6.39. The van der Waals surface area contributed by atoms with Gasteiger partial charge in [-0.15, -0.1) is 0 Å². The second kappa shape index (κ2) is 8.32. The lowest BCUT2D eigenvalue weighted by Gasteiger charge is -2.21. The lowest BCUT2D eigenvalue weighted by molar-refractivity contribution is 0.264. The maximum atomic E-state index is 10.3. The molecule has 0 radical (unpaired) electrons. The number of hydroxylamine groups is 1. The Morgan fingerprint density at radius 2 is 1.84 bits per heavy atom. The zero-order chi connectivity index (χ0) is 18.6. The quantitative estimate of drug-likeness (QED) is 0.609. The fraction of sp³-hybridized carbons (Fsp3) is 0.350. The van der Waals surface area contributed by atoms with Crippen molar-refractivity contribution in [3.05, 3.63) is 58.1 Å². The molecule has 0 unspecified atom stereocenters. The van der Waals surface area contributed by atoms with Crippen LogP contribution in [-0.2, 0) is 17.8 Å². The van der Waals surface area contributed by atoms with Gasteiger partial charge in [-0.05, 0) is 73.8 Å². The summed E-state index contributed by atoms with van der Waals surface area (Å²) in [6.45, 7) is 8.60. The van der Waals surface area contributed by atoms with Crippen LogP contribution in [0.15, 0.2) is 30.3 Å². The van der Waals surface area contributed by atoms with Crippen LogP contribution in [0.3, 0.4) is 0 Å². The average Bonchev–Trinajstić information content (AvgIpc) is 2.61. The first-order valence-corrected chi connectivity index (χ1v) is 8.68. The fourth-order valence-electron chi connectivity index (χ4n) is 2.79. The second-order valence-electron chi connectivity index (χ2n) is 6.04. The molecule has 4 nitrogen and oxygen atoms in total. The number of hydrogen-bond donors (Lipinski definition) is 1. The molecule has 2 aromatic rings. The van der Waals surface area contributed by atoms with E-state index < -0.39 is 0 Å². The number of anilines is 1. The van der Waals surface area contributed by atoms with Crippen LogP contribution in [0.5, 0.6) is 5.75 Å². The molecule has 2 aromatic carbocycles. The molecular formula is C20H25NO3S. The van der Waals surface area contributed by atoms with Gasteiger partial charge in [0, 0.05) is 5.56 Å². The molecule has 0 spiro atoms. The summed E-state index contributed by atoms with van der Waals surface area (Å²) in [6.07, 6.45) is 1.00. The van der Waals surface area contributed by atoms with Gasteiger partial charge in [-0.2, -0.15) is 5.06 Å². The van der Waals surface area contributed by atoms with Crippen molar-refractivity contribution in [3.63, 3.8) is 0 Å². The predicted octanol–water partition coefficient (Wildman–Crippen LogP) is 4.88. The molecule has 0 aromatic heterocycles. The number of thiocarbonyl (C=S) groups is 1. The van der Waals surface area contributed by atoms with Crippen molar-refractivity contribution in [2.24, 2.45) is 0 Å². The van der Waals surface area contributed by atoms with Gasteiger partial charge in [0.25, 0.3) is 5.17 Å². The first kappa shape index (κ1) is 19.2. The van der Waals surface area contributed by atoms with E-state index in [1.165, 1.54) is 18.2 Å². The summed E-state index contributed by atoms with van der Waals surface area (Å²) < 4.78 is 11.0. The van der Waals surface area contributed by atoms with Gasteiger partial charge in [0.15, 0.2) is 0 Å². The minimum atomic E-state index is -0.00817. The number of hydrogen-bond acceptors (Lipinski definition) is 4. The standard InChI is InChI=1S/C20H25NO3S/c1-6-16-10-15(4)19(11-14(16)3)24-12-17-13(2)8-7-9-18(17)21(22)20(25)23-5/h7-11,22H,6,12H2,1-5H3. The van der Waals surface area contributed by atoms with Crippen LogP contribution in [0.2, 0.25) is 0 Å². The summed E-state index contributed by atoms with van der Waals surface area (Å²) in [5, 5.41) is 11.1. The zero-order valence-electron chi connectivity index (χ0n) is 15.4. The van der Waals surface area contributed by atoms with Crippen molar-refractivity contribution in [2.75, 3.05) is 12.2 Å². The molecule has 0 atom stereocenters. The third-order valence-corrected chi connectivity index (χ3v) is 4.69. The van der Waals surface area contributed by atoms with Gasteiger partial charge < -0.3 is 9.47 Å². The van der Waals surface area contributed by atoms with Gasteiger partial charge in [0.2, 0.25) is 0 Å². The highest BCUT2D eigenvalue weighted by Gasteiger charge is 2.16. The van der Waals surface area contributed by atoms with Crippen LogP contribution in [0.25, 0.3) is 0 Å². The molecule has 0 amide bonds. The Labute approximate surface area is 155 Å². The van der Waals surface area contributed by atoms with Gasteiger partial charge >= 0.3 is 0 Å². The van der Waals surface area contributed by atoms with Crippen LogP contribution in [0, 0.1) is 20.8 Å². The Morgan fingerprint density at radius 1 is 1.12 bits per heavy atom. The van der Waals surface area contributed by atoms with Crippen molar-refractivity contribution >= 4 is 23.1 Å². The number of ether oxygens (including phenoxy) is 2. The van der Waals surface area contributed by atoms with Crippen molar-refractivity contribution in [1.29, 1.82) is 0 Å². The van der Waals surface area contributed by atoms with Gasteiger partial charge in [0.1, 0.15) is 12.4 Å². The molecule has 0 saturated carbocycles. The minimum absolute atomic E-state index is 0.00817. The molecule has 0 aliphatic heterocycles. The topological polar surface area (TPSA) is 41.9 Å². The van der Waals surface area contributed by atoms with Crippen molar-refractivity contribution < 1.29 is 14.7 Å². The highest BCUT2D eigenvalue weighted by atomic mass is 32.1. The summed E-state index contributed by atoms with van der Waals surface area (Å²) in [6, 6.07) is 9.87. The summed E-state index contributed by atoms with van der Waals surface area (Å²) in [4.78, 5) is 0. The first-order chi connectivity index (χ1) is 11.9. The fourth-order valence-corrected chi connectivity index (χ4v) is 2.89. The van der Waals surface area contributed by atoms with Crippen molar-refractivity contribution in [1.82, 2.24) is 0 Å². The summed E-state index contributed by atoms with van der Waals surface area (Å²) in [7, 11) is 1.43. The van der Waals surface area contributed by atoms with Gasteiger partial charge in [-0.3, -0.25) is 5.21 Å². The highest BCUT2D eigenvalue weighted by Crippen LogP contribution is 2.28. The molecule has 0 bridgehead atoms. The molecule has 0 aliphatic rings. The van der Waals surface area contributed by atoms with Crippen LogP contribution >= 0.6 is 12.2 Å². The number of methoxy groups -OCH3 is 1. The summed E-state index contributed by atoms with van der Waals surface area (Å²) >= 11 is 5.02. The lowest BCUT2D eigenvalue weighted by Crippen LogP contribution is -2.27. The van der Waals surface area contributed by atoms with E-state index in [9.17, 15) is 5.21 Å². The van der Waals surface area contributed by atoms with E-state index in [-0.39, 0.29) is 5.17 Å². The molecule has 0 aliphatic carbocycles. The van der Waals surface area contributed by atoms with E-state index in [4.69, 9.17) is 21.7 Å². The predicted molar refractivity (Wildman–Crippen MR) is 105 cm³/mol. The third kappa shape index (κ3) is 4.30. The third-order valence-electron chi connectivity index (χ3n) is 4.35. The molecule has 1 N–H and O–H groups in total. The normalized spacial score (nSPS) is 10.5. The molecule has 0 heterocycles. The van der Waals surface area contributed by atoms with Crippen molar-refractivity contribution in [2.45, 2.75) is 40.7 Å². The number of rotatable bonds is 5. The summed E-state index contributed by atoms with van der Waals surface area (Å²) in [5.41, 5.74) is 6.08. The van der Waals surface area contributed by atoms with Gasteiger partial charge in [-0.25, -0.2) is 0 Å². The SMILES string of the molecule is CCc1cc(C)c(OCc2c(C)cccc2N(O)C(=S)OC)cc1C. The molecule has 0 saturated heterocycles. The monoisotopic (exact) mass is 359 g/mol. The van der Waals surface area contributed by atoms with Crippen LogP contribution in [0.4, 0.5) is 5.69 Å². The largest absolute Gasteiger partial charge is 0.489 e. The van der Waals surface area contributed by atoms with Crippen LogP contribution < -0.4 is 9.80 Å². The van der Waals surface area contributed by atoms with Gasteiger partial charge in [0.05, 0.1) is 12.8 Å². The highest BCUT2D eigenvalue weighted by molar-refractivity contribution is 7.80. The average molecular weight is 359 g/mol. The van der Waals surface area contributed by atoms with E-state index in [1.807, 2.05) is 26.0 Å². The Bertz CT molecular complexity index is 774. The van der Waals surface area contributed by atoms with Crippen LogP contribution in [0.1, 0.15) is 34.7 Å². The van der Waals surface area contributed by atoms with Crippen LogP contribution in [-0.4, -0.2) is 17.5 Å². The Balaban J connectivity index is 2.30. The van der Waals surface area contributed by atoms with E-state index >= 15 is 0 Å². The molecular weight excluding hydrogens is 334 g/mol.